The van der Waals surface area contributed by atoms with E-state index in [0.717, 1.165) is 0 Å². The number of rotatable bonds is 13. The second-order valence-electron chi connectivity index (χ2n) is 7.96. The quantitative estimate of drug-likeness (QED) is 0.266. The molecule has 0 saturated heterocycles. The van der Waals surface area contributed by atoms with E-state index in [-0.39, 0.29) is 23.7 Å². The molecule has 0 aliphatic carbocycles. The van der Waals surface area contributed by atoms with Crippen molar-refractivity contribution in [2.45, 2.75) is 31.7 Å². The van der Waals surface area contributed by atoms with Gasteiger partial charge in [0, 0.05) is 0 Å². The smallest absolute Gasteiger partial charge is 0.345 e. The van der Waals surface area contributed by atoms with Crippen LogP contribution in [0.2, 0.25) is 0 Å². The van der Waals surface area contributed by atoms with E-state index < -0.39 is 35.9 Å². The lowest BCUT2D eigenvalue weighted by molar-refractivity contribution is -0.141. The average molecular weight is 548 g/mol. The molecule has 37 heavy (non-hydrogen) atoms. The van der Waals surface area contributed by atoms with Crippen molar-refractivity contribution >= 4 is 23.6 Å². The zero-order valence-electron chi connectivity index (χ0n) is 20.8. The van der Waals surface area contributed by atoms with Crippen LogP contribution in [0.1, 0.15) is 31.0 Å². The zero-order valence-corrected chi connectivity index (χ0v) is 22.5. The van der Waals surface area contributed by atoms with Gasteiger partial charge < -0.3 is 18.9 Å². The summed E-state index contributed by atoms with van der Waals surface area (Å²) in [5.41, 5.74) is 0.798. The molecule has 0 spiro atoms. The van der Waals surface area contributed by atoms with Crippen LogP contribution in [0.5, 0.6) is 11.5 Å². The van der Waals surface area contributed by atoms with Crippen molar-refractivity contribution in [3.8, 4) is 11.5 Å². The highest BCUT2D eigenvalue weighted by molar-refractivity contribution is 7.89. The minimum absolute atomic E-state index is 0.0151. The van der Waals surface area contributed by atoms with Gasteiger partial charge in [0.1, 0.15) is 23.8 Å². The Bertz CT molecular complexity index is 1340. The third kappa shape index (κ3) is 7.06. The molecule has 9 nitrogen and oxygen atoms in total. The van der Waals surface area contributed by atoms with Crippen LogP contribution in [0.25, 0.3) is 0 Å². The molecule has 0 aromatic heterocycles. The number of carboxylic acid groups (broad SMARTS) is 1. The Kier molecular flexibility index (Phi) is 9.64. The van der Waals surface area contributed by atoms with Gasteiger partial charge in [-0.05, 0) is 68.3 Å². The van der Waals surface area contributed by atoms with E-state index in [1.165, 1.54) is 30.3 Å². The van der Waals surface area contributed by atoms with Crippen molar-refractivity contribution in [1.29, 1.82) is 0 Å². The Balaban J connectivity index is 2.08. The molecule has 1 atom stereocenters. The van der Waals surface area contributed by atoms with Crippen molar-refractivity contribution < 1.29 is 36.7 Å². The van der Waals surface area contributed by atoms with Crippen LogP contribution in [0.4, 0.5) is 0 Å². The maximum Gasteiger partial charge on any atom is 0.345 e. The molecule has 0 radical (unpaired) electrons. The lowest BCUT2D eigenvalue weighted by Crippen LogP contribution is -2.40. The van der Waals surface area contributed by atoms with E-state index in [0.29, 0.717) is 21.4 Å². The Hall–Kier alpha value is -3.01. The van der Waals surface area contributed by atoms with Crippen LogP contribution in [-0.2, 0) is 28.4 Å². The van der Waals surface area contributed by atoms with Crippen LogP contribution in [0.3, 0.4) is 0 Å². The SMILES string of the molecule is CCOP(=O)(CN([C@@H](C(=O)O)c1ccccc1C)S(=O)(=O)c1ccc(Oc2ccccc2)cc1)OCC. The van der Waals surface area contributed by atoms with Crippen LogP contribution < -0.4 is 4.74 Å². The number of carbonyl (C=O) groups is 1. The summed E-state index contributed by atoms with van der Waals surface area (Å²) < 4.78 is 58.3. The van der Waals surface area contributed by atoms with Crippen molar-refractivity contribution in [2.75, 3.05) is 19.5 Å². The molecular weight excluding hydrogens is 517 g/mol. The van der Waals surface area contributed by atoms with Gasteiger partial charge in [0.15, 0.2) is 0 Å². The highest BCUT2D eigenvalue weighted by Gasteiger charge is 2.43. The summed E-state index contributed by atoms with van der Waals surface area (Å²) in [6.45, 7) is 4.83. The number of aliphatic carboxylic acids is 1. The molecule has 0 amide bonds. The number of para-hydroxylation sites is 1. The number of hydrogen-bond acceptors (Lipinski definition) is 7. The Morgan fingerprint density at radius 1 is 0.892 bits per heavy atom. The van der Waals surface area contributed by atoms with Gasteiger partial charge in [-0.1, -0.05) is 42.5 Å². The zero-order chi connectivity index (χ0) is 27.1. The highest BCUT2D eigenvalue weighted by atomic mass is 32.2. The molecular formula is C26H30NO8PS. The first-order valence-electron chi connectivity index (χ1n) is 11.6. The molecule has 11 heteroatoms. The Labute approximate surface area is 217 Å². The molecule has 0 heterocycles. The number of ether oxygens (including phenoxy) is 1. The number of sulfonamides is 1. The largest absolute Gasteiger partial charge is 0.480 e. The van der Waals surface area contributed by atoms with E-state index in [1.807, 2.05) is 6.07 Å². The molecule has 3 aromatic carbocycles. The maximum absolute atomic E-state index is 13.9. The summed E-state index contributed by atoms with van der Waals surface area (Å²) in [4.78, 5) is 12.3. The molecule has 0 aliphatic heterocycles. The van der Waals surface area contributed by atoms with Crippen LogP contribution in [0, 0.1) is 6.92 Å². The Morgan fingerprint density at radius 3 is 1.97 bits per heavy atom. The molecule has 0 bridgehead atoms. The summed E-state index contributed by atoms with van der Waals surface area (Å²) in [6.07, 6.45) is -0.787. The van der Waals surface area contributed by atoms with Gasteiger partial charge in [-0.2, -0.15) is 4.31 Å². The molecule has 0 aliphatic rings. The van der Waals surface area contributed by atoms with Gasteiger partial charge in [0.25, 0.3) is 0 Å². The second kappa shape index (κ2) is 12.5. The summed E-state index contributed by atoms with van der Waals surface area (Å²) in [5, 5.41) is 10.2. The first-order valence-corrected chi connectivity index (χ1v) is 14.8. The number of aryl methyl sites for hydroxylation is 1. The minimum atomic E-state index is -4.50. The molecule has 198 valence electrons. The predicted molar refractivity (Wildman–Crippen MR) is 139 cm³/mol. The summed E-state index contributed by atoms with van der Waals surface area (Å²) >= 11 is 0. The van der Waals surface area contributed by atoms with E-state index in [2.05, 4.69) is 0 Å². The van der Waals surface area contributed by atoms with E-state index in [1.54, 1.807) is 63.2 Å². The summed E-state index contributed by atoms with van der Waals surface area (Å²) in [5.74, 6) is -0.472. The van der Waals surface area contributed by atoms with Crippen molar-refractivity contribution in [1.82, 2.24) is 4.31 Å². The third-order valence-electron chi connectivity index (χ3n) is 5.38. The fourth-order valence-corrected chi connectivity index (χ4v) is 7.52. The van der Waals surface area contributed by atoms with Crippen LogP contribution >= 0.6 is 7.60 Å². The van der Waals surface area contributed by atoms with Gasteiger partial charge in [0.2, 0.25) is 10.0 Å². The van der Waals surface area contributed by atoms with E-state index >= 15 is 0 Å². The number of benzene rings is 3. The maximum atomic E-state index is 13.9. The van der Waals surface area contributed by atoms with Gasteiger partial charge in [-0.3, -0.25) is 9.36 Å². The lowest BCUT2D eigenvalue weighted by Gasteiger charge is -2.31. The summed E-state index contributed by atoms with van der Waals surface area (Å²) in [6, 6.07) is 19.4. The number of nitrogens with zero attached hydrogens (tertiary/aromatic N) is 1. The monoisotopic (exact) mass is 547 g/mol. The molecule has 0 fully saturated rings. The topological polar surface area (TPSA) is 119 Å². The Morgan fingerprint density at radius 2 is 1.43 bits per heavy atom. The fraction of sp³-hybridized carbons (Fsp3) is 0.269. The van der Waals surface area contributed by atoms with Crippen molar-refractivity contribution in [2.24, 2.45) is 0 Å². The first kappa shape index (κ1) is 28.6. The molecule has 0 saturated carbocycles. The second-order valence-corrected chi connectivity index (χ2v) is 11.9. The predicted octanol–water partition coefficient (Wildman–Crippen LogP) is 5.83. The van der Waals surface area contributed by atoms with Crippen molar-refractivity contribution in [3.05, 3.63) is 90.0 Å². The fourth-order valence-electron chi connectivity index (χ4n) is 3.72. The molecule has 0 unspecified atom stereocenters. The summed E-state index contributed by atoms with van der Waals surface area (Å²) in [7, 11) is -8.52. The average Bonchev–Trinajstić information content (AvgIpc) is 2.86. The van der Waals surface area contributed by atoms with Crippen LogP contribution in [-0.4, -0.2) is 43.3 Å². The normalized spacial score (nSPS) is 12.9. The molecule has 3 aromatic rings. The van der Waals surface area contributed by atoms with Gasteiger partial charge in [-0.15, -0.1) is 0 Å². The minimum Gasteiger partial charge on any atom is -0.480 e. The van der Waals surface area contributed by atoms with E-state index in [9.17, 15) is 22.9 Å². The number of hydrogen-bond donors (Lipinski definition) is 1. The number of carboxylic acids is 1. The van der Waals surface area contributed by atoms with Crippen molar-refractivity contribution in [3.63, 3.8) is 0 Å². The molecule has 1 N–H and O–H groups in total. The highest BCUT2D eigenvalue weighted by Crippen LogP contribution is 2.51. The third-order valence-corrected chi connectivity index (χ3v) is 9.35. The molecule has 3 rings (SSSR count). The standard InChI is InChI=1S/C26H30NO8PS/c1-4-33-36(30,34-5-2)19-27(25(26(28)29)24-14-10-9-11-20(24)3)37(31,32)23-17-15-22(16-18-23)35-21-12-7-6-8-13-21/h6-18,25H,4-5,19H2,1-3H3,(H,28,29)/t25-/m1/s1. The van der Waals surface area contributed by atoms with Gasteiger partial charge >= 0.3 is 13.6 Å². The van der Waals surface area contributed by atoms with Crippen LogP contribution in [0.15, 0.2) is 83.8 Å². The van der Waals surface area contributed by atoms with Gasteiger partial charge in [-0.25, -0.2) is 8.42 Å². The lowest BCUT2D eigenvalue weighted by atomic mass is 10.0. The first-order chi connectivity index (χ1) is 17.6. The van der Waals surface area contributed by atoms with Gasteiger partial charge in [0.05, 0.1) is 18.1 Å². The van der Waals surface area contributed by atoms with E-state index in [4.69, 9.17) is 13.8 Å².